The van der Waals surface area contributed by atoms with E-state index in [1.165, 1.54) is 55.7 Å². The van der Waals surface area contributed by atoms with Crippen LogP contribution in [0, 0.1) is 13.8 Å². The fraction of sp³-hybridized carbons (Fsp3) is 0.250. The highest BCUT2D eigenvalue weighted by Crippen LogP contribution is 2.19. The van der Waals surface area contributed by atoms with Gasteiger partial charge in [-0.25, -0.2) is 0 Å². The molecule has 0 nitrogen and oxygen atoms in total. The van der Waals surface area contributed by atoms with Gasteiger partial charge in [-0.1, -0.05) is 96.1 Å². The molecule has 0 heteroatoms. The standard InChI is InChI=1S/C32H38/c1-23-9-19-31(20-10-23)29(7)17-15-27(5)25(3)13-14-26(4)28(6)16-18-30(8)32-21-11-24(2)12-22-32/h9-22H,1-8H3/b25-13+,26-14+,27-15+,28-16+,29-17+,30-18+. The van der Waals surface area contributed by atoms with Crippen LogP contribution in [0.25, 0.3) is 11.1 Å². The zero-order valence-electron chi connectivity index (χ0n) is 21.1. The first-order valence-corrected chi connectivity index (χ1v) is 11.4. The fourth-order valence-corrected chi connectivity index (χ4v) is 3.10. The van der Waals surface area contributed by atoms with Crippen molar-refractivity contribution in [3.05, 3.63) is 130 Å². The zero-order chi connectivity index (χ0) is 23.7. The van der Waals surface area contributed by atoms with E-state index < -0.39 is 0 Å². The maximum Gasteiger partial charge on any atom is -0.0227 e. The van der Waals surface area contributed by atoms with Gasteiger partial charge >= 0.3 is 0 Å². The Kier molecular flexibility index (Phi) is 9.47. The third-order valence-electron chi connectivity index (χ3n) is 6.01. The molecule has 0 aromatic heterocycles. The Morgan fingerprint density at radius 3 is 0.938 bits per heavy atom. The van der Waals surface area contributed by atoms with Gasteiger partial charge in [0.15, 0.2) is 0 Å². The van der Waals surface area contributed by atoms with Gasteiger partial charge in [0.2, 0.25) is 0 Å². The zero-order valence-corrected chi connectivity index (χ0v) is 21.1. The summed E-state index contributed by atoms with van der Waals surface area (Å²) in [6, 6.07) is 17.4. The summed E-state index contributed by atoms with van der Waals surface area (Å²) in [6.45, 7) is 17.3. The van der Waals surface area contributed by atoms with E-state index in [4.69, 9.17) is 0 Å². The average Bonchev–Trinajstić information content (AvgIpc) is 2.79. The minimum Gasteiger partial charge on any atom is -0.0588 e. The van der Waals surface area contributed by atoms with Crippen LogP contribution in [-0.4, -0.2) is 0 Å². The Balaban J connectivity index is 2.10. The van der Waals surface area contributed by atoms with Crippen molar-refractivity contribution in [2.45, 2.75) is 55.4 Å². The monoisotopic (exact) mass is 422 g/mol. The first-order valence-electron chi connectivity index (χ1n) is 11.4. The van der Waals surface area contributed by atoms with Gasteiger partial charge < -0.3 is 0 Å². The van der Waals surface area contributed by atoms with Crippen LogP contribution in [0.3, 0.4) is 0 Å². The van der Waals surface area contributed by atoms with Crippen LogP contribution in [0.4, 0.5) is 0 Å². The quantitative estimate of drug-likeness (QED) is 0.390. The molecule has 0 saturated heterocycles. The summed E-state index contributed by atoms with van der Waals surface area (Å²) in [5.41, 5.74) is 12.8. The molecule has 32 heavy (non-hydrogen) atoms. The molecule has 2 aromatic rings. The molecule has 0 aliphatic heterocycles. The molecule has 166 valence electrons. The van der Waals surface area contributed by atoms with Crippen molar-refractivity contribution in [3.8, 4) is 0 Å². The predicted molar refractivity (Wildman–Crippen MR) is 145 cm³/mol. The summed E-state index contributed by atoms with van der Waals surface area (Å²) in [7, 11) is 0. The van der Waals surface area contributed by atoms with Crippen molar-refractivity contribution < 1.29 is 0 Å². The van der Waals surface area contributed by atoms with E-state index in [9.17, 15) is 0 Å². The van der Waals surface area contributed by atoms with E-state index in [-0.39, 0.29) is 0 Å². The van der Waals surface area contributed by atoms with Crippen LogP contribution in [0.15, 0.2) is 107 Å². The lowest BCUT2D eigenvalue weighted by atomic mass is 10.0. The SMILES string of the molecule is CC(=C\C=C(C)\C(C)=C\C=C(/C)c1ccc(C)cc1)/C(C)=C/C=C(\C)c1ccc(C)cc1. The van der Waals surface area contributed by atoms with E-state index in [1.54, 1.807) is 0 Å². The highest BCUT2D eigenvalue weighted by atomic mass is 14.0. The topological polar surface area (TPSA) is 0 Å². The van der Waals surface area contributed by atoms with Gasteiger partial charge in [0.1, 0.15) is 0 Å². The number of allylic oxidation sites excluding steroid dienone is 12. The Morgan fingerprint density at radius 1 is 0.406 bits per heavy atom. The lowest BCUT2D eigenvalue weighted by Crippen LogP contribution is -1.83. The van der Waals surface area contributed by atoms with Crippen molar-refractivity contribution in [1.82, 2.24) is 0 Å². The maximum atomic E-state index is 2.21. The summed E-state index contributed by atoms with van der Waals surface area (Å²) < 4.78 is 0. The second-order valence-corrected chi connectivity index (χ2v) is 8.83. The third-order valence-corrected chi connectivity index (χ3v) is 6.01. The smallest absolute Gasteiger partial charge is 0.0227 e. The molecule has 0 fully saturated rings. The highest BCUT2D eigenvalue weighted by Gasteiger charge is 1.97. The van der Waals surface area contributed by atoms with Crippen molar-refractivity contribution in [2.75, 3.05) is 0 Å². The van der Waals surface area contributed by atoms with E-state index in [2.05, 4.69) is 140 Å². The summed E-state index contributed by atoms with van der Waals surface area (Å²) in [4.78, 5) is 0. The van der Waals surface area contributed by atoms with Gasteiger partial charge in [-0.05, 0) is 100.0 Å². The minimum atomic E-state index is 1.27. The van der Waals surface area contributed by atoms with E-state index in [1.807, 2.05) is 0 Å². The van der Waals surface area contributed by atoms with Gasteiger partial charge in [-0.2, -0.15) is 0 Å². The number of benzene rings is 2. The van der Waals surface area contributed by atoms with Gasteiger partial charge in [0.05, 0.1) is 0 Å². The van der Waals surface area contributed by atoms with Crippen LogP contribution in [-0.2, 0) is 0 Å². The molecule has 2 rings (SSSR count). The van der Waals surface area contributed by atoms with Crippen molar-refractivity contribution in [1.29, 1.82) is 0 Å². The summed E-state index contributed by atoms with van der Waals surface area (Å²) in [6.07, 6.45) is 13.3. The maximum absolute atomic E-state index is 2.21. The molecule has 0 saturated carbocycles. The molecule has 0 radical (unpaired) electrons. The number of rotatable bonds is 7. The first-order chi connectivity index (χ1) is 15.2. The van der Waals surface area contributed by atoms with Crippen LogP contribution in [0.2, 0.25) is 0 Å². The van der Waals surface area contributed by atoms with Crippen molar-refractivity contribution in [3.63, 3.8) is 0 Å². The third kappa shape index (κ3) is 7.85. The number of hydrogen-bond acceptors (Lipinski definition) is 0. The Labute approximate surface area is 196 Å². The molecule has 2 aromatic carbocycles. The summed E-state index contributed by atoms with van der Waals surface area (Å²) in [5.74, 6) is 0. The van der Waals surface area contributed by atoms with Crippen LogP contribution in [0.5, 0.6) is 0 Å². The largest absolute Gasteiger partial charge is 0.0588 e. The molecular formula is C32H38. The van der Waals surface area contributed by atoms with Gasteiger partial charge in [0, 0.05) is 0 Å². The fourth-order valence-electron chi connectivity index (χ4n) is 3.10. The van der Waals surface area contributed by atoms with Gasteiger partial charge in [-0.3, -0.25) is 0 Å². The second kappa shape index (κ2) is 12.1. The van der Waals surface area contributed by atoms with E-state index >= 15 is 0 Å². The Morgan fingerprint density at radius 2 is 0.656 bits per heavy atom. The van der Waals surface area contributed by atoms with Crippen LogP contribution >= 0.6 is 0 Å². The van der Waals surface area contributed by atoms with E-state index in [0.717, 1.165) is 0 Å². The predicted octanol–water partition coefficient (Wildman–Crippen LogP) is 9.60. The summed E-state index contributed by atoms with van der Waals surface area (Å²) in [5, 5.41) is 0. The van der Waals surface area contributed by atoms with Crippen LogP contribution in [0.1, 0.15) is 63.8 Å². The summed E-state index contributed by atoms with van der Waals surface area (Å²) >= 11 is 0. The second-order valence-electron chi connectivity index (χ2n) is 8.83. The molecule has 0 aliphatic carbocycles. The molecule has 0 aliphatic rings. The Bertz CT molecular complexity index is 998. The number of aryl methyl sites for hydroxylation is 2. The molecule has 0 unspecified atom stereocenters. The molecular weight excluding hydrogens is 384 g/mol. The molecule has 0 atom stereocenters. The van der Waals surface area contributed by atoms with Gasteiger partial charge in [-0.15, -0.1) is 0 Å². The van der Waals surface area contributed by atoms with Gasteiger partial charge in [0.25, 0.3) is 0 Å². The number of hydrogen-bond donors (Lipinski definition) is 0. The molecule has 0 amide bonds. The lowest BCUT2D eigenvalue weighted by molar-refractivity contribution is 1.31. The normalized spacial score (nSPS) is 14.8. The lowest BCUT2D eigenvalue weighted by Gasteiger charge is -2.04. The average molecular weight is 423 g/mol. The minimum absolute atomic E-state index is 1.27. The molecule has 0 N–H and O–H groups in total. The first kappa shape index (κ1) is 25.1. The highest BCUT2D eigenvalue weighted by molar-refractivity contribution is 5.66. The molecule has 0 spiro atoms. The molecule has 0 heterocycles. The molecule has 0 bridgehead atoms. The van der Waals surface area contributed by atoms with Crippen molar-refractivity contribution in [2.24, 2.45) is 0 Å². The van der Waals surface area contributed by atoms with E-state index in [0.29, 0.717) is 0 Å². The Hall–Kier alpha value is -3.12. The van der Waals surface area contributed by atoms with Crippen LogP contribution < -0.4 is 0 Å². The van der Waals surface area contributed by atoms with Crippen molar-refractivity contribution >= 4 is 11.1 Å².